The number of halogens is 2. The van der Waals surface area contributed by atoms with E-state index in [-0.39, 0.29) is 22.8 Å². The average molecular weight is 335 g/mol. The molecule has 0 radical (unpaired) electrons. The Kier molecular flexibility index (Phi) is 6.16. The van der Waals surface area contributed by atoms with E-state index < -0.39 is 11.6 Å². The lowest BCUT2D eigenvalue weighted by Crippen LogP contribution is -2.30. The number of rotatable bonds is 6. The Bertz CT molecular complexity index is 661. The molecule has 2 aromatic carbocycles. The zero-order valence-corrected chi connectivity index (χ0v) is 13.9. The van der Waals surface area contributed by atoms with Crippen molar-refractivity contribution in [2.45, 2.75) is 24.9 Å². The first-order chi connectivity index (χ1) is 11.0. The van der Waals surface area contributed by atoms with Crippen LogP contribution in [0.4, 0.5) is 14.5 Å². The summed E-state index contributed by atoms with van der Waals surface area (Å²) in [5.41, 5.74) is 1.13. The number of anilines is 1. The van der Waals surface area contributed by atoms with Gasteiger partial charge in [0.15, 0.2) is 0 Å². The largest absolute Gasteiger partial charge is 0.323 e. The van der Waals surface area contributed by atoms with Gasteiger partial charge in [-0.2, -0.15) is 0 Å². The lowest BCUT2D eigenvalue weighted by Gasteiger charge is -2.20. The summed E-state index contributed by atoms with van der Waals surface area (Å²) < 4.78 is 26.6. The van der Waals surface area contributed by atoms with Crippen molar-refractivity contribution in [3.63, 3.8) is 0 Å². The lowest BCUT2D eigenvalue weighted by atomic mass is 10.1. The number of carbonyl (C=O) groups is 1. The van der Waals surface area contributed by atoms with Crippen LogP contribution in [0.5, 0.6) is 0 Å². The number of hydrogen-bond donors (Lipinski definition) is 1. The van der Waals surface area contributed by atoms with E-state index in [1.54, 1.807) is 0 Å². The van der Waals surface area contributed by atoms with Gasteiger partial charge in [0.25, 0.3) is 0 Å². The van der Waals surface area contributed by atoms with E-state index in [1.807, 2.05) is 44.2 Å². The number of nitrogens with one attached hydrogen (secondary N) is 1. The minimum absolute atomic E-state index is 0.00219. The maximum absolute atomic E-state index is 13.7. The molecule has 1 N–H and O–H groups in total. The molecule has 23 heavy (non-hydrogen) atoms. The molecule has 0 aliphatic heterocycles. The van der Waals surface area contributed by atoms with Gasteiger partial charge in [-0.3, -0.25) is 4.79 Å². The average Bonchev–Trinajstić information content (AvgIpc) is 2.51. The maximum atomic E-state index is 13.7. The van der Waals surface area contributed by atoms with Gasteiger partial charge in [0.1, 0.15) is 11.6 Å². The van der Waals surface area contributed by atoms with Crippen LogP contribution in [0, 0.1) is 17.6 Å². The third-order valence-corrected chi connectivity index (χ3v) is 4.94. The quantitative estimate of drug-likeness (QED) is 0.817. The number of hydrogen-bond acceptors (Lipinski definition) is 2. The highest BCUT2D eigenvalue weighted by Gasteiger charge is 2.23. The van der Waals surface area contributed by atoms with E-state index in [1.165, 1.54) is 17.8 Å². The molecule has 2 nitrogen and oxygen atoms in total. The molecule has 0 saturated heterocycles. The Labute approximate surface area is 139 Å². The molecule has 122 valence electrons. The monoisotopic (exact) mass is 335 g/mol. The predicted octanol–water partition coefficient (Wildman–Crippen LogP) is 4.86. The molecule has 1 amide bonds. The molecular formula is C18H19F2NOS. The Morgan fingerprint density at radius 3 is 2.43 bits per heavy atom. The van der Waals surface area contributed by atoms with Crippen LogP contribution < -0.4 is 5.32 Å². The van der Waals surface area contributed by atoms with Crippen LogP contribution in [0.25, 0.3) is 0 Å². The Morgan fingerprint density at radius 1 is 1.13 bits per heavy atom. The Hall–Kier alpha value is -1.88. The summed E-state index contributed by atoms with van der Waals surface area (Å²) in [6.07, 6.45) is 0. The fourth-order valence-corrected chi connectivity index (χ4v) is 3.29. The highest BCUT2D eigenvalue weighted by Crippen LogP contribution is 2.26. The smallest absolute Gasteiger partial charge is 0.237 e. The molecule has 0 spiro atoms. The lowest BCUT2D eigenvalue weighted by molar-refractivity contribution is -0.116. The molecule has 0 bridgehead atoms. The van der Waals surface area contributed by atoms with Gasteiger partial charge in [0.05, 0.1) is 10.9 Å². The van der Waals surface area contributed by atoms with E-state index in [4.69, 9.17) is 0 Å². The van der Waals surface area contributed by atoms with Gasteiger partial charge in [-0.1, -0.05) is 44.2 Å². The second-order valence-electron chi connectivity index (χ2n) is 5.57. The van der Waals surface area contributed by atoms with Gasteiger partial charge < -0.3 is 5.32 Å². The van der Waals surface area contributed by atoms with Gasteiger partial charge in [-0.25, -0.2) is 8.78 Å². The van der Waals surface area contributed by atoms with Crippen LogP contribution in [-0.4, -0.2) is 11.2 Å². The van der Waals surface area contributed by atoms with E-state index >= 15 is 0 Å². The van der Waals surface area contributed by atoms with Gasteiger partial charge >= 0.3 is 0 Å². The van der Waals surface area contributed by atoms with Crippen molar-refractivity contribution in [1.29, 1.82) is 0 Å². The van der Waals surface area contributed by atoms with Gasteiger partial charge in [-0.15, -0.1) is 11.8 Å². The van der Waals surface area contributed by atoms with Crippen LogP contribution in [0.15, 0.2) is 48.5 Å². The van der Waals surface area contributed by atoms with Crippen molar-refractivity contribution in [3.05, 3.63) is 65.7 Å². The van der Waals surface area contributed by atoms with E-state index in [0.29, 0.717) is 5.75 Å². The van der Waals surface area contributed by atoms with E-state index in [0.717, 1.165) is 17.7 Å². The number of thioether (sulfide) groups is 1. The molecule has 0 heterocycles. The topological polar surface area (TPSA) is 29.1 Å². The van der Waals surface area contributed by atoms with Crippen LogP contribution in [0.2, 0.25) is 0 Å². The van der Waals surface area contributed by atoms with Gasteiger partial charge in [0.2, 0.25) is 5.91 Å². The van der Waals surface area contributed by atoms with Gasteiger partial charge in [-0.05, 0) is 23.6 Å². The second-order valence-corrected chi connectivity index (χ2v) is 6.70. The summed E-state index contributed by atoms with van der Waals surface area (Å²) in [6.45, 7) is 3.90. The third-order valence-electron chi connectivity index (χ3n) is 3.33. The molecule has 0 aromatic heterocycles. The van der Waals surface area contributed by atoms with Crippen molar-refractivity contribution < 1.29 is 13.6 Å². The van der Waals surface area contributed by atoms with Crippen molar-refractivity contribution >= 4 is 23.4 Å². The second kappa shape index (κ2) is 8.11. The Morgan fingerprint density at radius 2 is 1.83 bits per heavy atom. The first-order valence-corrected chi connectivity index (χ1v) is 8.43. The fourth-order valence-electron chi connectivity index (χ4n) is 2.13. The van der Waals surface area contributed by atoms with Crippen LogP contribution in [0.1, 0.15) is 19.4 Å². The zero-order chi connectivity index (χ0) is 16.8. The van der Waals surface area contributed by atoms with E-state index in [2.05, 4.69) is 5.32 Å². The standard InChI is InChI=1S/C18H19F2NOS/c1-12(2)17(23-11-13-6-4-3-5-7-13)18(22)21-16-9-8-14(19)10-15(16)20/h3-10,12,17H,11H2,1-2H3,(H,21,22). The van der Waals surface area contributed by atoms with Crippen molar-refractivity contribution in [1.82, 2.24) is 0 Å². The minimum Gasteiger partial charge on any atom is -0.323 e. The molecule has 5 heteroatoms. The number of carbonyl (C=O) groups excluding carboxylic acids is 1. The summed E-state index contributed by atoms with van der Waals surface area (Å²) in [4.78, 5) is 12.4. The van der Waals surface area contributed by atoms with E-state index in [9.17, 15) is 13.6 Å². The van der Waals surface area contributed by atoms with Crippen LogP contribution in [-0.2, 0) is 10.5 Å². The SMILES string of the molecule is CC(C)C(SCc1ccccc1)C(=O)Nc1ccc(F)cc1F. The Balaban J connectivity index is 2.03. The van der Waals surface area contributed by atoms with Crippen molar-refractivity contribution in [2.24, 2.45) is 5.92 Å². The normalized spacial score (nSPS) is 12.2. The molecule has 0 saturated carbocycles. The number of amides is 1. The molecule has 1 unspecified atom stereocenters. The summed E-state index contributed by atoms with van der Waals surface area (Å²) in [5.74, 6) is -0.921. The zero-order valence-electron chi connectivity index (χ0n) is 13.1. The molecule has 2 rings (SSSR count). The van der Waals surface area contributed by atoms with Crippen LogP contribution >= 0.6 is 11.8 Å². The first kappa shape index (κ1) is 17.5. The molecule has 1 atom stereocenters. The number of benzene rings is 2. The van der Waals surface area contributed by atoms with Crippen molar-refractivity contribution in [2.75, 3.05) is 5.32 Å². The minimum atomic E-state index is -0.770. The first-order valence-electron chi connectivity index (χ1n) is 7.39. The summed E-state index contributed by atoms with van der Waals surface area (Å²) in [7, 11) is 0. The van der Waals surface area contributed by atoms with Gasteiger partial charge in [0, 0.05) is 11.8 Å². The fraction of sp³-hybridized carbons (Fsp3) is 0.278. The molecule has 0 aliphatic rings. The predicted molar refractivity (Wildman–Crippen MR) is 91.4 cm³/mol. The maximum Gasteiger partial charge on any atom is 0.237 e. The van der Waals surface area contributed by atoms with Crippen LogP contribution in [0.3, 0.4) is 0 Å². The molecule has 2 aromatic rings. The highest BCUT2D eigenvalue weighted by atomic mass is 32.2. The molecular weight excluding hydrogens is 316 g/mol. The summed E-state index contributed by atoms with van der Waals surface area (Å²) in [6, 6.07) is 13.0. The third kappa shape index (κ3) is 5.06. The van der Waals surface area contributed by atoms with Crippen molar-refractivity contribution in [3.8, 4) is 0 Å². The summed E-state index contributed by atoms with van der Waals surface area (Å²) >= 11 is 1.51. The molecule has 0 fully saturated rings. The molecule has 0 aliphatic carbocycles. The highest BCUT2D eigenvalue weighted by molar-refractivity contribution is 7.99. The summed E-state index contributed by atoms with van der Waals surface area (Å²) in [5, 5.41) is 2.23.